The van der Waals surface area contributed by atoms with Crippen LogP contribution in [0.25, 0.3) is 0 Å². The molecule has 0 unspecified atom stereocenters. The summed E-state index contributed by atoms with van der Waals surface area (Å²) in [5.41, 5.74) is 1.25. The van der Waals surface area contributed by atoms with Crippen molar-refractivity contribution in [1.29, 1.82) is 0 Å². The molecule has 1 aliphatic rings. The molecule has 0 radical (unpaired) electrons. The number of benzene rings is 1. The number of ether oxygens (including phenoxy) is 2. The van der Waals surface area contributed by atoms with Gasteiger partial charge in [0.25, 0.3) is 0 Å². The molecular weight excluding hydrogens is 495 g/mol. The summed E-state index contributed by atoms with van der Waals surface area (Å²) in [6, 6.07) is 6.22. The lowest BCUT2D eigenvalue weighted by Crippen LogP contribution is -2.48. The third kappa shape index (κ3) is 7.21. The van der Waals surface area contributed by atoms with Gasteiger partial charge in [-0.2, -0.15) is 0 Å². The molecule has 0 spiro atoms. The fraction of sp³-hybridized carbons (Fsp3) is 0.636. The second-order valence-corrected chi connectivity index (χ2v) is 7.54. The van der Waals surface area contributed by atoms with E-state index in [1.54, 1.807) is 21.3 Å². The molecule has 0 aromatic heterocycles. The highest BCUT2D eigenvalue weighted by atomic mass is 127. The Bertz CT molecular complexity index is 691. The van der Waals surface area contributed by atoms with Gasteiger partial charge < -0.3 is 25.4 Å². The summed E-state index contributed by atoms with van der Waals surface area (Å²) < 4.78 is 10.9. The van der Waals surface area contributed by atoms with Gasteiger partial charge in [0.15, 0.2) is 17.5 Å². The number of hydrogen-bond donors (Lipinski definition) is 3. The van der Waals surface area contributed by atoms with E-state index in [2.05, 4.69) is 33.1 Å². The van der Waals surface area contributed by atoms with E-state index in [1.807, 2.05) is 13.0 Å². The van der Waals surface area contributed by atoms with Gasteiger partial charge in [-0.05, 0) is 37.0 Å². The number of carbonyl (C=O) groups is 1. The number of carbonyl (C=O) groups excluding carboxylic acids is 1. The van der Waals surface area contributed by atoms with Crippen LogP contribution in [-0.4, -0.2) is 52.8 Å². The summed E-state index contributed by atoms with van der Waals surface area (Å²) in [6.07, 6.45) is 6.78. The van der Waals surface area contributed by atoms with Gasteiger partial charge in [0.1, 0.15) is 0 Å². The number of aliphatic imine (C=N–C) groups is 1. The number of halogens is 1. The van der Waals surface area contributed by atoms with Crippen LogP contribution in [0.15, 0.2) is 23.2 Å². The van der Waals surface area contributed by atoms with Gasteiger partial charge in [-0.1, -0.05) is 32.3 Å². The van der Waals surface area contributed by atoms with E-state index in [0.29, 0.717) is 12.5 Å². The van der Waals surface area contributed by atoms with Crippen molar-refractivity contribution in [3.8, 4) is 11.5 Å². The second-order valence-electron chi connectivity index (χ2n) is 7.54. The van der Waals surface area contributed by atoms with E-state index in [4.69, 9.17) is 9.47 Å². The molecule has 0 heterocycles. The van der Waals surface area contributed by atoms with Crippen molar-refractivity contribution in [3.63, 3.8) is 0 Å². The molecule has 1 saturated carbocycles. The number of hydrogen-bond acceptors (Lipinski definition) is 4. The molecule has 1 aliphatic carbocycles. The predicted molar refractivity (Wildman–Crippen MR) is 132 cm³/mol. The van der Waals surface area contributed by atoms with Crippen molar-refractivity contribution in [2.75, 3.05) is 40.9 Å². The number of amides is 1. The molecule has 30 heavy (non-hydrogen) atoms. The van der Waals surface area contributed by atoms with Crippen molar-refractivity contribution in [3.05, 3.63) is 23.8 Å². The first-order chi connectivity index (χ1) is 14.1. The lowest BCUT2D eigenvalue weighted by Gasteiger charge is -2.38. The van der Waals surface area contributed by atoms with Crippen LogP contribution in [0.5, 0.6) is 11.5 Å². The molecule has 170 valence electrons. The number of nitrogens with zero attached hydrogens (tertiary/aromatic N) is 1. The zero-order valence-electron chi connectivity index (χ0n) is 18.7. The summed E-state index contributed by atoms with van der Waals surface area (Å²) in [5, 5.41) is 9.42. The minimum Gasteiger partial charge on any atom is -0.493 e. The number of rotatable bonds is 9. The molecule has 1 aromatic carbocycles. The Morgan fingerprint density at radius 1 is 1.07 bits per heavy atom. The molecule has 0 bridgehead atoms. The summed E-state index contributed by atoms with van der Waals surface area (Å²) in [4.78, 5) is 16.1. The van der Waals surface area contributed by atoms with Crippen molar-refractivity contribution < 1.29 is 14.3 Å². The Hall–Kier alpha value is -1.71. The van der Waals surface area contributed by atoms with Gasteiger partial charge in [-0.25, -0.2) is 0 Å². The van der Waals surface area contributed by atoms with Crippen molar-refractivity contribution in [2.24, 2.45) is 4.99 Å². The maximum absolute atomic E-state index is 11.9. The molecular formula is C22H37IN4O3. The highest BCUT2D eigenvalue weighted by molar-refractivity contribution is 14.0. The van der Waals surface area contributed by atoms with Crippen LogP contribution in [0.4, 0.5) is 0 Å². The average Bonchev–Trinajstić information content (AvgIpc) is 2.77. The van der Waals surface area contributed by atoms with E-state index in [9.17, 15) is 4.79 Å². The zero-order valence-corrected chi connectivity index (χ0v) is 21.0. The lowest BCUT2D eigenvalue weighted by atomic mass is 9.69. The monoisotopic (exact) mass is 532 g/mol. The predicted octanol–water partition coefficient (Wildman–Crippen LogP) is 3.21. The quantitative estimate of drug-likeness (QED) is 0.259. The molecule has 1 amide bonds. The largest absolute Gasteiger partial charge is 0.493 e. The van der Waals surface area contributed by atoms with Crippen LogP contribution in [-0.2, 0) is 10.2 Å². The summed E-state index contributed by atoms with van der Waals surface area (Å²) in [5.74, 6) is 2.11. The van der Waals surface area contributed by atoms with E-state index in [0.717, 1.165) is 37.3 Å². The fourth-order valence-electron chi connectivity index (χ4n) is 3.93. The number of methoxy groups -OCH3 is 2. The first-order valence-electron chi connectivity index (χ1n) is 10.5. The maximum Gasteiger partial charge on any atom is 0.239 e. The van der Waals surface area contributed by atoms with E-state index >= 15 is 0 Å². The topological polar surface area (TPSA) is 84.0 Å². The molecule has 0 saturated heterocycles. The van der Waals surface area contributed by atoms with Crippen molar-refractivity contribution in [1.82, 2.24) is 16.0 Å². The molecule has 3 N–H and O–H groups in total. The zero-order chi connectivity index (χ0) is 21.1. The van der Waals surface area contributed by atoms with Crippen molar-refractivity contribution >= 4 is 35.8 Å². The first-order valence-corrected chi connectivity index (χ1v) is 10.5. The molecule has 0 atom stereocenters. The highest BCUT2D eigenvalue weighted by Crippen LogP contribution is 2.42. The SMILES string of the molecule is CCCNC(=O)CNC(=NC)NCC1(c2ccc(OC)c(OC)c2)CCCCC1.I. The van der Waals surface area contributed by atoms with Gasteiger partial charge in [0.2, 0.25) is 5.91 Å². The average molecular weight is 532 g/mol. The maximum atomic E-state index is 11.9. The van der Waals surface area contributed by atoms with Crippen LogP contribution in [0.3, 0.4) is 0 Å². The second kappa shape index (κ2) is 13.6. The van der Waals surface area contributed by atoms with Crippen LogP contribution >= 0.6 is 24.0 Å². The van der Waals surface area contributed by atoms with Crippen LogP contribution in [0.1, 0.15) is 51.0 Å². The number of guanidine groups is 1. The lowest BCUT2D eigenvalue weighted by molar-refractivity contribution is -0.120. The fourth-order valence-corrected chi connectivity index (χ4v) is 3.93. The highest BCUT2D eigenvalue weighted by Gasteiger charge is 2.34. The minimum atomic E-state index is -0.0259. The molecule has 8 heteroatoms. The summed E-state index contributed by atoms with van der Waals surface area (Å²) >= 11 is 0. The molecule has 1 fully saturated rings. The molecule has 2 rings (SSSR count). The summed E-state index contributed by atoms with van der Waals surface area (Å²) in [7, 11) is 5.05. The molecule has 1 aromatic rings. The Morgan fingerprint density at radius 2 is 1.77 bits per heavy atom. The normalized spacial score (nSPS) is 15.5. The smallest absolute Gasteiger partial charge is 0.239 e. The van der Waals surface area contributed by atoms with Gasteiger partial charge in [0.05, 0.1) is 20.8 Å². The third-order valence-electron chi connectivity index (χ3n) is 5.61. The van der Waals surface area contributed by atoms with E-state index in [1.165, 1.54) is 24.8 Å². The Kier molecular flexibility index (Phi) is 11.9. The minimum absolute atomic E-state index is 0. The van der Waals surface area contributed by atoms with Gasteiger partial charge >= 0.3 is 0 Å². The molecule has 7 nitrogen and oxygen atoms in total. The Labute approximate surface area is 197 Å². The Morgan fingerprint density at radius 3 is 2.37 bits per heavy atom. The standard InChI is InChI=1S/C22H36N4O3.HI/c1-5-13-24-20(27)15-25-21(23-2)26-16-22(11-7-6-8-12-22)17-9-10-18(28-3)19(14-17)29-4;/h9-10,14H,5-8,11-13,15-16H2,1-4H3,(H,24,27)(H2,23,25,26);1H. The van der Waals surface area contributed by atoms with Crippen LogP contribution < -0.4 is 25.4 Å². The Balaban J connectivity index is 0.00000450. The summed E-state index contributed by atoms with van der Waals surface area (Å²) in [6.45, 7) is 3.68. The van der Waals surface area contributed by atoms with Crippen LogP contribution in [0.2, 0.25) is 0 Å². The number of nitrogens with one attached hydrogen (secondary N) is 3. The first kappa shape index (κ1) is 26.3. The van der Waals surface area contributed by atoms with E-state index in [-0.39, 0.29) is 41.8 Å². The van der Waals surface area contributed by atoms with Gasteiger partial charge in [0, 0.05) is 25.6 Å². The van der Waals surface area contributed by atoms with Gasteiger partial charge in [-0.3, -0.25) is 9.79 Å². The van der Waals surface area contributed by atoms with Crippen molar-refractivity contribution in [2.45, 2.75) is 50.9 Å². The van der Waals surface area contributed by atoms with Crippen LogP contribution in [0, 0.1) is 0 Å². The molecule has 0 aliphatic heterocycles. The third-order valence-corrected chi connectivity index (χ3v) is 5.61. The van der Waals surface area contributed by atoms with Gasteiger partial charge in [-0.15, -0.1) is 24.0 Å². The van der Waals surface area contributed by atoms with E-state index < -0.39 is 0 Å².